The molecule has 0 fully saturated rings. The first kappa shape index (κ1) is 32.2. The number of nitrogens with zero attached hydrogens (tertiary/aromatic N) is 1. The summed E-state index contributed by atoms with van der Waals surface area (Å²) in [5.74, 6) is -2.16. The summed E-state index contributed by atoms with van der Waals surface area (Å²) in [5, 5.41) is 19.0. The molecule has 0 aliphatic carbocycles. The van der Waals surface area contributed by atoms with Gasteiger partial charge in [0.05, 0.1) is 34.1 Å². The van der Waals surface area contributed by atoms with Crippen LogP contribution in [0.25, 0.3) is 6.08 Å². The van der Waals surface area contributed by atoms with Crippen molar-refractivity contribution in [3.05, 3.63) is 136 Å². The summed E-state index contributed by atoms with van der Waals surface area (Å²) in [4.78, 5) is 62.8. The predicted octanol–water partition coefficient (Wildman–Crippen LogP) is 5.91. The van der Waals surface area contributed by atoms with Gasteiger partial charge in [-0.05, 0) is 67.6 Å². The highest BCUT2D eigenvalue weighted by Crippen LogP contribution is 2.27. The molecule has 12 heteroatoms. The molecule has 1 unspecified atom stereocenters. The van der Waals surface area contributed by atoms with Crippen LogP contribution in [0.5, 0.6) is 0 Å². The van der Waals surface area contributed by atoms with Crippen LogP contribution in [0.2, 0.25) is 0 Å². The van der Waals surface area contributed by atoms with Crippen molar-refractivity contribution in [3.8, 4) is 0 Å². The van der Waals surface area contributed by atoms with Crippen molar-refractivity contribution in [2.45, 2.75) is 17.1 Å². The maximum Gasteiger partial charge on any atom is 0.339 e. The largest absolute Gasteiger partial charge is 0.465 e. The molecule has 45 heavy (non-hydrogen) atoms. The maximum atomic E-state index is 13.3. The first-order chi connectivity index (χ1) is 21.7. The van der Waals surface area contributed by atoms with Crippen molar-refractivity contribution in [1.29, 1.82) is 0 Å². The van der Waals surface area contributed by atoms with Gasteiger partial charge in [-0.25, -0.2) is 4.79 Å². The van der Waals surface area contributed by atoms with Gasteiger partial charge in [-0.2, -0.15) is 0 Å². The van der Waals surface area contributed by atoms with Crippen molar-refractivity contribution in [2.75, 3.05) is 17.7 Å². The number of ether oxygens (including phenoxy) is 1. The van der Waals surface area contributed by atoms with Gasteiger partial charge in [0.25, 0.3) is 17.5 Å². The highest BCUT2D eigenvalue weighted by molar-refractivity contribution is 8.00. The molecule has 4 rings (SSSR count). The Labute approximate surface area is 262 Å². The second-order valence-corrected chi connectivity index (χ2v) is 10.9. The molecule has 0 bridgehead atoms. The smallest absolute Gasteiger partial charge is 0.339 e. The van der Waals surface area contributed by atoms with Crippen LogP contribution in [-0.2, 0) is 14.3 Å². The van der Waals surface area contributed by atoms with Gasteiger partial charge in [-0.15, -0.1) is 11.8 Å². The number of para-hydroxylation sites is 2. The third kappa shape index (κ3) is 8.65. The van der Waals surface area contributed by atoms with Gasteiger partial charge >= 0.3 is 5.97 Å². The molecule has 0 radical (unpaired) electrons. The molecule has 0 saturated carbocycles. The fourth-order valence-corrected chi connectivity index (χ4v) is 4.93. The summed E-state index contributed by atoms with van der Waals surface area (Å²) in [6.07, 6.45) is 1.25. The first-order valence-corrected chi connectivity index (χ1v) is 14.4. The lowest BCUT2D eigenvalue weighted by Gasteiger charge is -2.15. The standard InChI is InChI=1S/C33H28N4O7S/c1-21(30(38)35-27-14-8-7-13-26(27)33(41)44-2)45-25-18-16-24(17-19-25)34-32(40)28(36-31(39)22-10-4-3-5-11-22)20-23-12-6-9-15-29(23)37(42)43/h3-21H,1-2H3,(H,34,40)(H,35,38)(H,36,39)/b28-20-. The number of thioether (sulfide) groups is 1. The Hall–Kier alpha value is -5.75. The molecule has 1 atom stereocenters. The van der Waals surface area contributed by atoms with E-state index in [9.17, 15) is 29.3 Å². The lowest BCUT2D eigenvalue weighted by atomic mass is 10.1. The molecular formula is C33H28N4O7S. The highest BCUT2D eigenvalue weighted by Gasteiger charge is 2.20. The van der Waals surface area contributed by atoms with Crippen LogP contribution in [0.15, 0.2) is 114 Å². The molecular weight excluding hydrogens is 596 g/mol. The normalized spacial score (nSPS) is 11.6. The fourth-order valence-electron chi connectivity index (χ4n) is 4.06. The molecule has 0 spiro atoms. The zero-order valence-electron chi connectivity index (χ0n) is 24.2. The summed E-state index contributed by atoms with van der Waals surface area (Å²) in [6, 6.07) is 27.3. The number of hydrogen-bond donors (Lipinski definition) is 3. The Bertz CT molecular complexity index is 1760. The number of nitro groups is 1. The number of carbonyl (C=O) groups is 4. The summed E-state index contributed by atoms with van der Waals surface area (Å²) in [7, 11) is 1.26. The van der Waals surface area contributed by atoms with Gasteiger partial charge in [-0.3, -0.25) is 24.5 Å². The number of hydrogen-bond acceptors (Lipinski definition) is 8. The Balaban J connectivity index is 1.47. The minimum atomic E-state index is -0.699. The van der Waals surface area contributed by atoms with Crippen LogP contribution in [0, 0.1) is 10.1 Å². The number of amides is 3. The van der Waals surface area contributed by atoms with Crippen molar-refractivity contribution >= 4 is 58.6 Å². The van der Waals surface area contributed by atoms with Crippen LogP contribution in [-0.4, -0.2) is 41.0 Å². The number of methoxy groups -OCH3 is 1. The van der Waals surface area contributed by atoms with Crippen LogP contribution < -0.4 is 16.0 Å². The average molecular weight is 625 g/mol. The Kier molecular flexibility index (Phi) is 10.8. The van der Waals surface area contributed by atoms with Crippen molar-refractivity contribution < 1.29 is 28.8 Å². The molecule has 11 nitrogen and oxygen atoms in total. The van der Waals surface area contributed by atoms with Gasteiger partial charge in [-0.1, -0.05) is 42.5 Å². The Morgan fingerprint density at radius 2 is 1.49 bits per heavy atom. The van der Waals surface area contributed by atoms with E-state index in [0.29, 0.717) is 16.9 Å². The summed E-state index contributed by atoms with van der Waals surface area (Å²) in [5.41, 5.74) is 0.959. The van der Waals surface area contributed by atoms with E-state index >= 15 is 0 Å². The van der Waals surface area contributed by atoms with E-state index in [1.54, 1.807) is 91.9 Å². The number of nitro benzene ring substituents is 1. The predicted molar refractivity (Wildman–Crippen MR) is 172 cm³/mol. The molecule has 228 valence electrons. The second kappa shape index (κ2) is 15.1. The lowest BCUT2D eigenvalue weighted by Crippen LogP contribution is -2.30. The molecule has 4 aromatic carbocycles. The first-order valence-electron chi connectivity index (χ1n) is 13.5. The number of carbonyl (C=O) groups excluding carboxylic acids is 4. The lowest BCUT2D eigenvalue weighted by molar-refractivity contribution is -0.385. The Morgan fingerprint density at radius 3 is 2.18 bits per heavy atom. The monoisotopic (exact) mass is 624 g/mol. The van der Waals surface area contributed by atoms with E-state index in [1.165, 1.54) is 43.1 Å². The van der Waals surface area contributed by atoms with E-state index in [2.05, 4.69) is 16.0 Å². The van der Waals surface area contributed by atoms with E-state index in [-0.39, 0.29) is 28.4 Å². The van der Waals surface area contributed by atoms with E-state index in [4.69, 9.17) is 4.74 Å². The maximum absolute atomic E-state index is 13.3. The zero-order valence-corrected chi connectivity index (χ0v) is 25.0. The van der Waals surface area contributed by atoms with Crippen LogP contribution in [0.3, 0.4) is 0 Å². The number of benzene rings is 4. The van der Waals surface area contributed by atoms with Crippen LogP contribution in [0.1, 0.15) is 33.2 Å². The molecule has 0 saturated heterocycles. The molecule has 4 aromatic rings. The molecule has 0 aromatic heterocycles. The SMILES string of the molecule is COC(=O)c1ccccc1NC(=O)C(C)Sc1ccc(NC(=O)/C(=C/c2ccccc2[N+](=O)[O-])NC(=O)c2ccccc2)cc1. The quantitative estimate of drug-likeness (QED) is 0.0611. The number of anilines is 2. The van der Waals surface area contributed by atoms with E-state index < -0.39 is 28.0 Å². The molecule has 0 heterocycles. The summed E-state index contributed by atoms with van der Waals surface area (Å²) in [6.45, 7) is 1.71. The van der Waals surface area contributed by atoms with Crippen LogP contribution >= 0.6 is 11.8 Å². The van der Waals surface area contributed by atoms with Gasteiger partial charge in [0.1, 0.15) is 5.70 Å². The van der Waals surface area contributed by atoms with Crippen molar-refractivity contribution in [3.63, 3.8) is 0 Å². The highest BCUT2D eigenvalue weighted by atomic mass is 32.2. The second-order valence-electron chi connectivity index (χ2n) is 9.46. The summed E-state index contributed by atoms with van der Waals surface area (Å²) >= 11 is 1.26. The number of rotatable bonds is 11. The van der Waals surface area contributed by atoms with Crippen LogP contribution in [0.4, 0.5) is 17.1 Å². The minimum absolute atomic E-state index is 0.134. The van der Waals surface area contributed by atoms with Crippen molar-refractivity contribution in [2.24, 2.45) is 0 Å². The Morgan fingerprint density at radius 1 is 0.844 bits per heavy atom. The third-order valence-electron chi connectivity index (χ3n) is 6.35. The van der Waals surface area contributed by atoms with E-state index in [1.807, 2.05) is 0 Å². The topological polar surface area (TPSA) is 157 Å². The number of esters is 1. The van der Waals surface area contributed by atoms with Gasteiger partial charge in [0.2, 0.25) is 5.91 Å². The van der Waals surface area contributed by atoms with Gasteiger partial charge < -0.3 is 20.7 Å². The average Bonchev–Trinajstić information content (AvgIpc) is 3.05. The molecule has 3 amide bonds. The minimum Gasteiger partial charge on any atom is -0.465 e. The van der Waals surface area contributed by atoms with Gasteiger partial charge in [0, 0.05) is 22.2 Å². The molecule has 0 aliphatic heterocycles. The fraction of sp³-hybridized carbons (Fsp3) is 0.0909. The number of nitrogens with one attached hydrogen (secondary N) is 3. The van der Waals surface area contributed by atoms with Gasteiger partial charge in [0.15, 0.2) is 0 Å². The zero-order chi connectivity index (χ0) is 32.3. The van der Waals surface area contributed by atoms with E-state index in [0.717, 1.165) is 4.90 Å². The summed E-state index contributed by atoms with van der Waals surface area (Å²) < 4.78 is 4.77. The molecule has 3 N–H and O–H groups in total. The van der Waals surface area contributed by atoms with Crippen molar-refractivity contribution in [1.82, 2.24) is 5.32 Å². The third-order valence-corrected chi connectivity index (χ3v) is 7.46. The molecule has 0 aliphatic rings.